The number of aliphatic hydroxyl groups excluding tert-OH is 1. The fraction of sp³-hybridized carbons (Fsp3) is 0.381. The maximum Gasteiger partial charge on any atom is 0.126 e. The molecular formula is C21H19F2NOS. The van der Waals surface area contributed by atoms with Crippen LogP contribution in [0.5, 0.6) is 0 Å². The van der Waals surface area contributed by atoms with Crippen LogP contribution in [-0.2, 0) is 6.42 Å². The van der Waals surface area contributed by atoms with Gasteiger partial charge in [-0.05, 0) is 71.2 Å². The van der Waals surface area contributed by atoms with E-state index in [4.69, 9.17) is 0 Å². The number of nitriles is 1. The Morgan fingerprint density at radius 3 is 2.69 bits per heavy atom. The lowest BCUT2D eigenvalue weighted by atomic mass is 9.74. The van der Waals surface area contributed by atoms with Gasteiger partial charge in [0.25, 0.3) is 0 Å². The third-order valence-corrected chi connectivity index (χ3v) is 6.19. The smallest absolute Gasteiger partial charge is 0.126 e. The minimum Gasteiger partial charge on any atom is -0.388 e. The summed E-state index contributed by atoms with van der Waals surface area (Å²) >= 11 is 4.50. The lowest BCUT2D eigenvalue weighted by Crippen LogP contribution is -2.17. The number of hydrogen-bond donors (Lipinski definition) is 2. The van der Waals surface area contributed by atoms with Crippen LogP contribution in [0.25, 0.3) is 0 Å². The molecule has 0 aliphatic heterocycles. The van der Waals surface area contributed by atoms with Gasteiger partial charge in [0, 0.05) is 10.8 Å². The van der Waals surface area contributed by atoms with E-state index in [1.807, 2.05) is 25.1 Å². The van der Waals surface area contributed by atoms with Crippen molar-refractivity contribution in [3.63, 3.8) is 0 Å². The van der Waals surface area contributed by atoms with Gasteiger partial charge in [-0.2, -0.15) is 5.26 Å². The molecule has 26 heavy (non-hydrogen) atoms. The van der Waals surface area contributed by atoms with Crippen molar-refractivity contribution < 1.29 is 13.9 Å². The summed E-state index contributed by atoms with van der Waals surface area (Å²) in [5.74, 6) is -0.672. The molecule has 0 aromatic heterocycles. The van der Waals surface area contributed by atoms with Gasteiger partial charge in [-0.25, -0.2) is 8.78 Å². The second-order valence-electron chi connectivity index (χ2n) is 7.36. The molecule has 0 saturated carbocycles. The van der Waals surface area contributed by atoms with Crippen LogP contribution in [0.1, 0.15) is 71.3 Å². The SMILES string of the molecule is C[C@@H]1Cc2c([C@H]3CCC(F)c4cc(F)cc(C#N)c43)ccc(S)c2[C@@H]1O. The highest BCUT2D eigenvalue weighted by Gasteiger charge is 2.37. The molecule has 0 bridgehead atoms. The normalized spacial score (nSPS) is 26.9. The molecule has 0 heterocycles. The summed E-state index contributed by atoms with van der Waals surface area (Å²) in [7, 11) is 0. The Hall–Kier alpha value is -1.90. The molecule has 0 spiro atoms. The largest absolute Gasteiger partial charge is 0.388 e. The number of rotatable bonds is 1. The zero-order valence-corrected chi connectivity index (χ0v) is 15.2. The van der Waals surface area contributed by atoms with Gasteiger partial charge >= 0.3 is 0 Å². The number of alkyl halides is 1. The minimum absolute atomic E-state index is 0.0812. The Balaban J connectivity index is 1.94. The topological polar surface area (TPSA) is 44.0 Å². The summed E-state index contributed by atoms with van der Waals surface area (Å²) < 4.78 is 28.4. The zero-order valence-electron chi connectivity index (χ0n) is 14.3. The van der Waals surface area contributed by atoms with E-state index in [1.54, 1.807) is 0 Å². The van der Waals surface area contributed by atoms with Crippen molar-refractivity contribution >= 4 is 12.6 Å². The van der Waals surface area contributed by atoms with Gasteiger partial charge in [0.2, 0.25) is 0 Å². The number of aliphatic hydroxyl groups is 1. The Labute approximate surface area is 156 Å². The molecule has 0 saturated heterocycles. The molecule has 2 aliphatic rings. The predicted molar refractivity (Wildman–Crippen MR) is 97.6 cm³/mol. The first-order valence-corrected chi connectivity index (χ1v) is 9.27. The van der Waals surface area contributed by atoms with E-state index in [1.165, 1.54) is 12.1 Å². The average Bonchev–Trinajstić information content (AvgIpc) is 2.92. The molecule has 5 heteroatoms. The van der Waals surface area contributed by atoms with Gasteiger partial charge in [-0.1, -0.05) is 13.0 Å². The molecule has 134 valence electrons. The molecule has 2 aliphatic carbocycles. The fourth-order valence-electron chi connectivity index (χ4n) is 4.58. The van der Waals surface area contributed by atoms with Crippen molar-refractivity contribution in [1.82, 2.24) is 0 Å². The number of hydrogen-bond acceptors (Lipinski definition) is 3. The summed E-state index contributed by atoms with van der Waals surface area (Å²) in [5, 5.41) is 20.0. The van der Waals surface area contributed by atoms with Crippen LogP contribution < -0.4 is 0 Å². The molecule has 2 aromatic carbocycles. The molecule has 2 nitrogen and oxygen atoms in total. The molecule has 0 fully saturated rings. The van der Waals surface area contributed by atoms with E-state index in [0.717, 1.165) is 21.6 Å². The van der Waals surface area contributed by atoms with Crippen LogP contribution in [0.4, 0.5) is 8.78 Å². The van der Waals surface area contributed by atoms with E-state index in [2.05, 4.69) is 12.6 Å². The summed E-state index contributed by atoms with van der Waals surface area (Å²) in [4.78, 5) is 0.750. The summed E-state index contributed by atoms with van der Waals surface area (Å²) in [6.45, 7) is 1.99. The van der Waals surface area contributed by atoms with Crippen LogP contribution in [0.15, 0.2) is 29.2 Å². The van der Waals surface area contributed by atoms with E-state index < -0.39 is 18.1 Å². The summed E-state index contributed by atoms with van der Waals surface area (Å²) in [6.07, 6.45) is -0.267. The predicted octanol–water partition coefficient (Wildman–Crippen LogP) is 5.15. The molecule has 1 N–H and O–H groups in total. The van der Waals surface area contributed by atoms with Crippen molar-refractivity contribution in [2.24, 2.45) is 5.92 Å². The number of halogens is 2. The number of fused-ring (bicyclic) bond motifs is 2. The van der Waals surface area contributed by atoms with Crippen molar-refractivity contribution in [3.8, 4) is 6.07 Å². The molecule has 2 aromatic rings. The standard InChI is InChI=1S/C21H19F2NOS/c1-10-6-15-13(3-5-18(26)20(15)21(10)25)14-2-4-17(23)16-8-12(22)7-11(9-24)19(14)16/h3,5,7-8,10,14,17,21,25-26H,2,4,6H2,1H3/t10-,14-,17?,21-/m1/s1. The molecule has 0 amide bonds. The third-order valence-electron chi connectivity index (χ3n) is 5.80. The third kappa shape index (κ3) is 2.55. The second kappa shape index (κ2) is 6.37. The average molecular weight is 371 g/mol. The van der Waals surface area contributed by atoms with Crippen molar-refractivity contribution in [1.29, 1.82) is 5.26 Å². The van der Waals surface area contributed by atoms with Crippen molar-refractivity contribution in [2.45, 2.75) is 49.3 Å². The van der Waals surface area contributed by atoms with E-state index >= 15 is 0 Å². The summed E-state index contributed by atoms with van der Waals surface area (Å²) in [6, 6.07) is 8.27. The van der Waals surface area contributed by atoms with E-state index in [-0.39, 0.29) is 23.0 Å². The highest BCUT2D eigenvalue weighted by molar-refractivity contribution is 7.80. The van der Waals surface area contributed by atoms with Gasteiger partial charge < -0.3 is 5.11 Å². The Bertz CT molecular complexity index is 937. The number of benzene rings is 2. The van der Waals surface area contributed by atoms with Crippen molar-refractivity contribution in [3.05, 3.63) is 63.5 Å². The fourth-order valence-corrected chi connectivity index (χ4v) is 4.92. The highest BCUT2D eigenvalue weighted by Crippen LogP contribution is 2.49. The van der Waals surface area contributed by atoms with E-state index in [9.17, 15) is 19.1 Å². The minimum atomic E-state index is -1.26. The molecule has 4 atom stereocenters. The van der Waals surface area contributed by atoms with Gasteiger partial charge in [0.05, 0.1) is 17.7 Å². The number of nitrogens with zero attached hydrogens (tertiary/aromatic N) is 1. The van der Waals surface area contributed by atoms with Gasteiger partial charge in [0.15, 0.2) is 0 Å². The first kappa shape index (κ1) is 17.5. The van der Waals surface area contributed by atoms with Gasteiger partial charge in [0.1, 0.15) is 12.0 Å². The van der Waals surface area contributed by atoms with Gasteiger partial charge in [-0.15, -0.1) is 12.6 Å². The monoisotopic (exact) mass is 371 g/mol. The molecule has 4 rings (SSSR count). The Kier molecular flexibility index (Phi) is 4.29. The first-order chi connectivity index (χ1) is 12.4. The van der Waals surface area contributed by atoms with Crippen LogP contribution in [-0.4, -0.2) is 5.11 Å². The first-order valence-electron chi connectivity index (χ1n) is 8.82. The Morgan fingerprint density at radius 2 is 1.96 bits per heavy atom. The Morgan fingerprint density at radius 1 is 1.19 bits per heavy atom. The summed E-state index contributed by atoms with van der Waals surface area (Å²) in [5.41, 5.74) is 3.95. The maximum absolute atomic E-state index is 14.5. The van der Waals surface area contributed by atoms with E-state index in [0.29, 0.717) is 24.8 Å². The molecule has 1 unspecified atom stereocenters. The zero-order chi connectivity index (χ0) is 18.6. The van der Waals surface area contributed by atoms with Crippen LogP contribution in [0.2, 0.25) is 0 Å². The molecular weight excluding hydrogens is 352 g/mol. The lowest BCUT2D eigenvalue weighted by Gasteiger charge is -2.31. The molecule has 0 radical (unpaired) electrons. The van der Waals surface area contributed by atoms with Crippen LogP contribution >= 0.6 is 12.6 Å². The van der Waals surface area contributed by atoms with Crippen molar-refractivity contribution in [2.75, 3.05) is 0 Å². The maximum atomic E-state index is 14.5. The lowest BCUT2D eigenvalue weighted by molar-refractivity contribution is 0.130. The van der Waals surface area contributed by atoms with Crippen LogP contribution in [0, 0.1) is 23.1 Å². The van der Waals surface area contributed by atoms with Gasteiger partial charge in [-0.3, -0.25) is 0 Å². The quantitative estimate of drug-likeness (QED) is 0.681. The number of thiol groups is 1. The second-order valence-corrected chi connectivity index (χ2v) is 7.84. The highest BCUT2D eigenvalue weighted by atomic mass is 32.1. The van der Waals surface area contributed by atoms with Crippen LogP contribution in [0.3, 0.4) is 0 Å².